The number of aromatic nitrogens is 2. The molecule has 16 heavy (non-hydrogen) atoms. The predicted molar refractivity (Wildman–Crippen MR) is 61.4 cm³/mol. The number of rotatable bonds is 1. The van der Waals surface area contributed by atoms with Crippen LogP contribution in [-0.4, -0.2) is 15.3 Å². The molecule has 1 fully saturated rings. The normalized spacial score (nSPS) is 22.1. The summed E-state index contributed by atoms with van der Waals surface area (Å²) in [5.74, 6) is 2.26. The molecule has 1 aromatic heterocycles. The van der Waals surface area contributed by atoms with Gasteiger partial charge in [0.2, 0.25) is 0 Å². The minimum absolute atomic E-state index is 0.364. The molecule has 2 aliphatic rings. The van der Waals surface area contributed by atoms with Gasteiger partial charge in [-0.25, -0.2) is 4.98 Å². The van der Waals surface area contributed by atoms with E-state index in [2.05, 4.69) is 9.55 Å². The van der Waals surface area contributed by atoms with Crippen molar-refractivity contribution in [2.24, 2.45) is 0 Å². The molecule has 0 amide bonds. The second kappa shape index (κ2) is 4.04. The molecule has 2 heterocycles. The average molecular weight is 218 g/mol. The van der Waals surface area contributed by atoms with Crippen LogP contribution in [0.5, 0.6) is 0 Å². The van der Waals surface area contributed by atoms with Gasteiger partial charge in [0.15, 0.2) is 0 Å². The minimum Gasteiger partial charge on any atom is -0.331 e. The van der Waals surface area contributed by atoms with E-state index >= 15 is 0 Å². The first-order chi connectivity index (χ1) is 7.84. The lowest BCUT2D eigenvalue weighted by atomic mass is 9.88. The Morgan fingerprint density at radius 3 is 2.88 bits per heavy atom. The van der Waals surface area contributed by atoms with Gasteiger partial charge in [0, 0.05) is 37.2 Å². The largest absolute Gasteiger partial charge is 0.331 e. The number of carbonyl (C=O) groups is 1. The van der Waals surface area contributed by atoms with Gasteiger partial charge in [-0.05, 0) is 12.8 Å². The number of Topliss-reactive ketones (excluding diaryl/α,β-unsaturated/α-hetero) is 1. The number of carbonyl (C=O) groups excluding carboxylic acids is 1. The van der Waals surface area contributed by atoms with Crippen LogP contribution >= 0.6 is 0 Å². The van der Waals surface area contributed by atoms with E-state index in [-0.39, 0.29) is 0 Å². The molecule has 1 aliphatic heterocycles. The summed E-state index contributed by atoms with van der Waals surface area (Å²) in [4.78, 5) is 15.9. The van der Waals surface area contributed by atoms with Crippen molar-refractivity contribution in [1.29, 1.82) is 0 Å². The van der Waals surface area contributed by atoms with Gasteiger partial charge in [0.1, 0.15) is 11.6 Å². The van der Waals surface area contributed by atoms with Crippen molar-refractivity contribution in [1.82, 2.24) is 9.55 Å². The van der Waals surface area contributed by atoms with Crippen LogP contribution in [0.25, 0.3) is 0 Å². The predicted octanol–water partition coefficient (Wildman–Crippen LogP) is 2.45. The Morgan fingerprint density at radius 1 is 1.25 bits per heavy atom. The number of ketones is 1. The summed E-state index contributed by atoms with van der Waals surface area (Å²) in [6.07, 6.45) is 9.83. The molecule has 86 valence electrons. The smallest absolute Gasteiger partial charge is 0.140 e. The van der Waals surface area contributed by atoms with Crippen molar-refractivity contribution >= 4 is 5.78 Å². The SMILES string of the molecule is O=C1CCn2c(cnc2C2CCCCC2)C1. The summed E-state index contributed by atoms with van der Waals surface area (Å²) in [5.41, 5.74) is 1.14. The number of nitrogens with zero attached hydrogens (tertiary/aromatic N) is 2. The Kier molecular flexibility index (Phi) is 2.54. The summed E-state index contributed by atoms with van der Waals surface area (Å²) < 4.78 is 2.30. The van der Waals surface area contributed by atoms with E-state index in [9.17, 15) is 4.79 Å². The lowest BCUT2D eigenvalue weighted by molar-refractivity contribution is -0.119. The fourth-order valence-corrected chi connectivity index (χ4v) is 3.04. The van der Waals surface area contributed by atoms with Crippen molar-refractivity contribution in [2.75, 3.05) is 0 Å². The van der Waals surface area contributed by atoms with Crippen molar-refractivity contribution in [2.45, 2.75) is 57.4 Å². The second-order valence-electron chi connectivity index (χ2n) is 5.06. The van der Waals surface area contributed by atoms with Gasteiger partial charge >= 0.3 is 0 Å². The molecule has 1 saturated carbocycles. The Hall–Kier alpha value is -1.12. The molecule has 0 radical (unpaired) electrons. The summed E-state index contributed by atoms with van der Waals surface area (Å²) in [6.45, 7) is 0.861. The Balaban J connectivity index is 1.87. The highest BCUT2D eigenvalue weighted by atomic mass is 16.1. The number of hydrogen-bond donors (Lipinski definition) is 0. The van der Waals surface area contributed by atoms with Crippen LogP contribution in [-0.2, 0) is 17.8 Å². The van der Waals surface area contributed by atoms with Crippen LogP contribution in [0, 0.1) is 0 Å². The molecule has 0 bridgehead atoms. The third kappa shape index (κ3) is 1.68. The summed E-state index contributed by atoms with van der Waals surface area (Å²) >= 11 is 0. The molecular weight excluding hydrogens is 200 g/mol. The number of fused-ring (bicyclic) bond motifs is 1. The summed E-state index contributed by atoms with van der Waals surface area (Å²) in [5, 5.41) is 0. The molecule has 3 nitrogen and oxygen atoms in total. The quantitative estimate of drug-likeness (QED) is 0.725. The average Bonchev–Trinajstić information content (AvgIpc) is 2.73. The fourth-order valence-electron chi connectivity index (χ4n) is 3.04. The zero-order valence-electron chi connectivity index (χ0n) is 9.61. The van der Waals surface area contributed by atoms with E-state index in [1.807, 2.05) is 6.20 Å². The Bertz CT molecular complexity index is 402. The zero-order chi connectivity index (χ0) is 11.0. The third-order valence-electron chi connectivity index (χ3n) is 3.93. The maximum absolute atomic E-state index is 11.4. The third-order valence-corrected chi connectivity index (χ3v) is 3.93. The number of imidazole rings is 1. The van der Waals surface area contributed by atoms with Crippen LogP contribution in [0.3, 0.4) is 0 Å². The van der Waals surface area contributed by atoms with Gasteiger partial charge in [0.25, 0.3) is 0 Å². The highest BCUT2D eigenvalue weighted by Gasteiger charge is 2.24. The minimum atomic E-state index is 0.364. The van der Waals surface area contributed by atoms with E-state index < -0.39 is 0 Å². The zero-order valence-corrected chi connectivity index (χ0v) is 9.61. The first-order valence-corrected chi connectivity index (χ1v) is 6.40. The molecule has 0 N–H and O–H groups in total. The molecule has 3 rings (SSSR count). The van der Waals surface area contributed by atoms with Gasteiger partial charge in [0.05, 0.1) is 0 Å². The fraction of sp³-hybridized carbons (Fsp3) is 0.692. The molecule has 0 spiro atoms. The summed E-state index contributed by atoms with van der Waals surface area (Å²) in [6, 6.07) is 0. The standard InChI is InChI=1S/C13H18N2O/c16-12-6-7-15-11(8-12)9-14-13(15)10-4-2-1-3-5-10/h9-10H,1-8H2. The lowest BCUT2D eigenvalue weighted by Crippen LogP contribution is -2.21. The van der Waals surface area contributed by atoms with Gasteiger partial charge in [-0.15, -0.1) is 0 Å². The molecule has 0 atom stereocenters. The molecule has 0 unspecified atom stereocenters. The maximum Gasteiger partial charge on any atom is 0.140 e. The van der Waals surface area contributed by atoms with Crippen LogP contribution < -0.4 is 0 Å². The van der Waals surface area contributed by atoms with Crippen molar-refractivity contribution < 1.29 is 4.79 Å². The monoisotopic (exact) mass is 218 g/mol. The Labute approximate surface area is 95.9 Å². The molecule has 0 saturated heterocycles. The molecule has 0 aromatic carbocycles. The van der Waals surface area contributed by atoms with E-state index in [4.69, 9.17) is 0 Å². The van der Waals surface area contributed by atoms with Gasteiger partial charge in [-0.1, -0.05) is 19.3 Å². The van der Waals surface area contributed by atoms with Gasteiger partial charge in [-0.2, -0.15) is 0 Å². The van der Waals surface area contributed by atoms with Crippen LogP contribution in [0.1, 0.15) is 56.0 Å². The first kappa shape index (κ1) is 10.1. The molecule has 3 heteroatoms. The van der Waals surface area contributed by atoms with Crippen LogP contribution in [0.15, 0.2) is 6.20 Å². The maximum atomic E-state index is 11.4. The van der Waals surface area contributed by atoms with Crippen molar-refractivity contribution in [3.05, 3.63) is 17.7 Å². The summed E-state index contributed by atoms with van der Waals surface area (Å²) in [7, 11) is 0. The van der Waals surface area contributed by atoms with E-state index in [0.717, 1.165) is 12.2 Å². The van der Waals surface area contributed by atoms with Crippen molar-refractivity contribution in [3.63, 3.8) is 0 Å². The van der Waals surface area contributed by atoms with E-state index in [0.29, 0.717) is 24.5 Å². The van der Waals surface area contributed by atoms with Crippen LogP contribution in [0.4, 0.5) is 0 Å². The number of hydrogen-bond acceptors (Lipinski definition) is 2. The van der Waals surface area contributed by atoms with E-state index in [1.165, 1.54) is 37.9 Å². The molecule has 1 aliphatic carbocycles. The topological polar surface area (TPSA) is 34.9 Å². The van der Waals surface area contributed by atoms with Crippen LogP contribution in [0.2, 0.25) is 0 Å². The highest BCUT2D eigenvalue weighted by molar-refractivity contribution is 5.81. The van der Waals surface area contributed by atoms with E-state index in [1.54, 1.807) is 0 Å². The van der Waals surface area contributed by atoms with Crippen molar-refractivity contribution in [3.8, 4) is 0 Å². The molecular formula is C13H18N2O. The lowest BCUT2D eigenvalue weighted by Gasteiger charge is -2.24. The van der Waals surface area contributed by atoms with Gasteiger partial charge in [-0.3, -0.25) is 4.79 Å². The second-order valence-corrected chi connectivity index (χ2v) is 5.06. The highest BCUT2D eigenvalue weighted by Crippen LogP contribution is 2.33. The molecule has 1 aromatic rings. The van der Waals surface area contributed by atoms with Gasteiger partial charge < -0.3 is 4.57 Å². The Morgan fingerprint density at radius 2 is 2.06 bits per heavy atom. The first-order valence-electron chi connectivity index (χ1n) is 6.40.